The van der Waals surface area contributed by atoms with Gasteiger partial charge in [-0.3, -0.25) is 9.59 Å². The average Bonchev–Trinajstić information content (AvgIpc) is 2.50. The molecule has 3 rings (SSSR count). The summed E-state index contributed by atoms with van der Waals surface area (Å²) in [4.78, 5) is 26.1. The second-order valence-corrected chi connectivity index (χ2v) is 5.65. The largest absolute Gasteiger partial charge is 0.323 e. The van der Waals surface area contributed by atoms with Crippen molar-refractivity contribution in [2.45, 2.75) is 20.3 Å². The Bertz CT molecular complexity index is 753. The van der Waals surface area contributed by atoms with E-state index in [1.165, 1.54) is 0 Å². The molecule has 0 bridgehead atoms. The Morgan fingerprint density at radius 2 is 1.95 bits per heavy atom. The van der Waals surface area contributed by atoms with E-state index < -0.39 is 0 Å². The highest BCUT2D eigenvalue weighted by molar-refractivity contribution is 6.10. The zero-order chi connectivity index (χ0) is 15.7. The number of carbonyl (C=O) groups excluding carboxylic acids is 2. The number of hydrogen-bond donors (Lipinski definition) is 1. The summed E-state index contributed by atoms with van der Waals surface area (Å²) in [7, 11) is 0. The van der Waals surface area contributed by atoms with Gasteiger partial charge in [-0.25, -0.2) is 0 Å². The molecule has 2 aromatic rings. The Morgan fingerprint density at radius 3 is 2.77 bits per heavy atom. The van der Waals surface area contributed by atoms with Gasteiger partial charge in [-0.2, -0.15) is 0 Å². The molecule has 2 amide bonds. The molecule has 4 nitrogen and oxygen atoms in total. The summed E-state index contributed by atoms with van der Waals surface area (Å²) in [5.41, 5.74) is 4.68. The molecule has 0 unspecified atom stereocenters. The lowest BCUT2D eigenvalue weighted by Crippen LogP contribution is -2.42. The van der Waals surface area contributed by atoms with E-state index in [1.807, 2.05) is 56.3 Å². The molecule has 0 aliphatic carbocycles. The van der Waals surface area contributed by atoms with E-state index in [0.717, 1.165) is 22.4 Å². The molecule has 4 heteroatoms. The lowest BCUT2D eigenvalue weighted by Gasteiger charge is -2.29. The Balaban J connectivity index is 1.89. The summed E-state index contributed by atoms with van der Waals surface area (Å²) in [6.07, 6.45) is 0.301. The van der Waals surface area contributed by atoms with E-state index in [-0.39, 0.29) is 18.4 Å². The summed E-state index contributed by atoms with van der Waals surface area (Å²) in [6, 6.07) is 13.5. The monoisotopic (exact) mass is 294 g/mol. The number of hydrogen-bond acceptors (Lipinski definition) is 2. The van der Waals surface area contributed by atoms with Crippen LogP contribution < -0.4 is 10.2 Å². The molecule has 0 radical (unpaired) electrons. The molecule has 1 N–H and O–H groups in total. The first-order valence-corrected chi connectivity index (χ1v) is 7.30. The van der Waals surface area contributed by atoms with Crippen molar-refractivity contribution in [3.63, 3.8) is 0 Å². The number of nitrogens with zero attached hydrogens (tertiary/aromatic N) is 1. The second-order valence-electron chi connectivity index (χ2n) is 5.65. The summed E-state index contributed by atoms with van der Waals surface area (Å²) >= 11 is 0. The molecule has 0 saturated carbocycles. The maximum atomic E-state index is 12.7. The fourth-order valence-corrected chi connectivity index (χ4v) is 2.70. The van der Waals surface area contributed by atoms with Gasteiger partial charge in [0, 0.05) is 0 Å². The van der Waals surface area contributed by atoms with Crippen LogP contribution in [0.1, 0.15) is 16.7 Å². The number of carbonyl (C=O) groups is 2. The lowest BCUT2D eigenvalue weighted by molar-refractivity contribution is -0.121. The highest BCUT2D eigenvalue weighted by Gasteiger charge is 2.26. The lowest BCUT2D eigenvalue weighted by atomic mass is 10.0. The van der Waals surface area contributed by atoms with Gasteiger partial charge in [0.15, 0.2) is 0 Å². The molecule has 2 aromatic carbocycles. The van der Waals surface area contributed by atoms with E-state index in [0.29, 0.717) is 12.1 Å². The maximum Gasteiger partial charge on any atom is 0.244 e. The minimum Gasteiger partial charge on any atom is -0.323 e. The molecular weight excluding hydrogens is 276 g/mol. The molecule has 0 spiro atoms. The van der Waals surface area contributed by atoms with Crippen LogP contribution in [0, 0.1) is 13.8 Å². The molecule has 1 heterocycles. The van der Waals surface area contributed by atoms with Crippen LogP contribution in [0.3, 0.4) is 0 Å². The van der Waals surface area contributed by atoms with Crippen molar-refractivity contribution in [3.8, 4) is 0 Å². The maximum absolute atomic E-state index is 12.7. The average molecular weight is 294 g/mol. The first kappa shape index (κ1) is 14.3. The number of benzene rings is 2. The quantitative estimate of drug-likeness (QED) is 0.926. The van der Waals surface area contributed by atoms with E-state index in [1.54, 1.807) is 4.90 Å². The molecule has 22 heavy (non-hydrogen) atoms. The number of fused-ring (bicyclic) bond motifs is 1. The van der Waals surface area contributed by atoms with Crippen molar-refractivity contribution in [1.29, 1.82) is 0 Å². The molecule has 0 atom stereocenters. The smallest absolute Gasteiger partial charge is 0.244 e. The van der Waals surface area contributed by atoms with Gasteiger partial charge in [0.2, 0.25) is 11.8 Å². The van der Waals surface area contributed by atoms with Crippen LogP contribution in [0.25, 0.3) is 0 Å². The molecule has 0 aromatic heterocycles. The normalized spacial score (nSPS) is 13.5. The van der Waals surface area contributed by atoms with Crippen LogP contribution in [0.15, 0.2) is 42.5 Å². The van der Waals surface area contributed by atoms with Gasteiger partial charge in [-0.15, -0.1) is 0 Å². The van der Waals surface area contributed by atoms with E-state index in [9.17, 15) is 9.59 Å². The molecular formula is C18H18N2O2. The first-order chi connectivity index (χ1) is 10.5. The van der Waals surface area contributed by atoms with Gasteiger partial charge < -0.3 is 10.2 Å². The topological polar surface area (TPSA) is 49.4 Å². The number of amides is 2. The number of para-hydroxylation sites is 2. The van der Waals surface area contributed by atoms with Crippen LogP contribution in [0.5, 0.6) is 0 Å². The number of anilines is 2. The fraction of sp³-hybridized carbons (Fsp3) is 0.222. The van der Waals surface area contributed by atoms with Gasteiger partial charge in [0.05, 0.1) is 17.8 Å². The zero-order valence-electron chi connectivity index (χ0n) is 12.7. The summed E-state index contributed by atoms with van der Waals surface area (Å²) < 4.78 is 0. The fourth-order valence-electron chi connectivity index (χ4n) is 2.70. The van der Waals surface area contributed by atoms with E-state index in [4.69, 9.17) is 0 Å². The van der Waals surface area contributed by atoms with Crippen LogP contribution in [0.2, 0.25) is 0 Å². The van der Waals surface area contributed by atoms with Gasteiger partial charge in [-0.05, 0) is 37.1 Å². The van der Waals surface area contributed by atoms with Gasteiger partial charge >= 0.3 is 0 Å². The van der Waals surface area contributed by atoms with Crippen molar-refractivity contribution in [1.82, 2.24) is 0 Å². The van der Waals surface area contributed by atoms with Crippen molar-refractivity contribution in [2.75, 3.05) is 16.8 Å². The van der Waals surface area contributed by atoms with Crippen molar-refractivity contribution in [3.05, 3.63) is 59.2 Å². The van der Waals surface area contributed by atoms with Gasteiger partial charge in [-0.1, -0.05) is 35.9 Å². The highest BCUT2D eigenvalue weighted by Crippen LogP contribution is 2.29. The van der Waals surface area contributed by atoms with Crippen LogP contribution >= 0.6 is 0 Å². The van der Waals surface area contributed by atoms with E-state index >= 15 is 0 Å². The van der Waals surface area contributed by atoms with Gasteiger partial charge in [0.1, 0.15) is 6.54 Å². The van der Waals surface area contributed by atoms with Crippen molar-refractivity contribution < 1.29 is 9.59 Å². The minimum absolute atomic E-state index is 0.0593. The number of rotatable bonds is 2. The molecule has 0 saturated heterocycles. The van der Waals surface area contributed by atoms with Gasteiger partial charge in [0.25, 0.3) is 0 Å². The Morgan fingerprint density at radius 1 is 1.18 bits per heavy atom. The van der Waals surface area contributed by atoms with Crippen molar-refractivity contribution >= 4 is 23.2 Å². The predicted molar refractivity (Wildman–Crippen MR) is 87.0 cm³/mol. The molecule has 0 fully saturated rings. The second kappa shape index (κ2) is 5.64. The number of aryl methyl sites for hydroxylation is 2. The molecule has 1 aliphatic rings. The Kier molecular flexibility index (Phi) is 3.67. The Labute approximate surface area is 129 Å². The van der Waals surface area contributed by atoms with Crippen LogP contribution in [-0.2, 0) is 16.0 Å². The molecule has 112 valence electrons. The van der Waals surface area contributed by atoms with Crippen LogP contribution in [-0.4, -0.2) is 18.4 Å². The number of nitrogens with one attached hydrogen (secondary N) is 1. The first-order valence-electron chi connectivity index (χ1n) is 7.30. The third-order valence-electron chi connectivity index (χ3n) is 3.92. The minimum atomic E-state index is -0.159. The predicted octanol–water partition coefficient (Wildman–Crippen LogP) is 2.83. The summed E-state index contributed by atoms with van der Waals surface area (Å²) in [5, 5.41) is 2.80. The third-order valence-corrected chi connectivity index (χ3v) is 3.92. The van der Waals surface area contributed by atoms with E-state index in [2.05, 4.69) is 5.32 Å². The summed E-state index contributed by atoms with van der Waals surface area (Å²) in [5.74, 6) is -0.219. The van der Waals surface area contributed by atoms with Crippen molar-refractivity contribution in [2.24, 2.45) is 0 Å². The zero-order valence-corrected chi connectivity index (χ0v) is 12.7. The molecule has 1 aliphatic heterocycles. The standard InChI is InChI=1S/C18H18N2O2/c1-12-7-8-13(2)14(9-12)10-18(22)20-11-17(21)19-15-5-3-4-6-16(15)20/h3-9H,10-11H2,1-2H3,(H,19,21). The summed E-state index contributed by atoms with van der Waals surface area (Å²) in [6.45, 7) is 4.08. The third kappa shape index (κ3) is 2.72. The highest BCUT2D eigenvalue weighted by atomic mass is 16.2. The SMILES string of the molecule is Cc1ccc(C)c(CC(=O)N2CC(=O)Nc3ccccc32)c1. The van der Waals surface area contributed by atoms with Crippen LogP contribution in [0.4, 0.5) is 11.4 Å². The Hall–Kier alpha value is -2.62.